The van der Waals surface area contributed by atoms with Gasteiger partial charge in [-0.3, -0.25) is 0 Å². The topological polar surface area (TPSA) is 181 Å². The van der Waals surface area contributed by atoms with Gasteiger partial charge in [-0.2, -0.15) is 4.37 Å². The van der Waals surface area contributed by atoms with Gasteiger partial charge in [0.25, 0.3) is 5.89 Å². The van der Waals surface area contributed by atoms with Gasteiger partial charge in [0.05, 0.1) is 22.3 Å². The predicted molar refractivity (Wildman–Crippen MR) is 129 cm³/mol. The van der Waals surface area contributed by atoms with E-state index in [1.54, 1.807) is 0 Å². The Morgan fingerprint density at radius 3 is 1.56 bits per heavy atom. The largest absolute Gasteiger partial charge is 0.320 e. The van der Waals surface area contributed by atoms with Crippen molar-refractivity contribution in [3.63, 3.8) is 0 Å². The van der Waals surface area contributed by atoms with E-state index in [1.807, 2.05) is 41.5 Å². The molecule has 192 valence electrons. The molecular formula is C18H36N12O2S2. The maximum absolute atomic E-state index is 4.62. The molecule has 0 aromatic carbocycles. The minimum Gasteiger partial charge on any atom is -0.320 e. The molecule has 0 bridgehead atoms. The summed E-state index contributed by atoms with van der Waals surface area (Å²) in [6, 6.07) is 0. The van der Waals surface area contributed by atoms with Crippen molar-refractivity contribution in [1.29, 1.82) is 0 Å². The zero-order chi connectivity index (χ0) is 23.9. The van der Waals surface area contributed by atoms with Crippen LogP contribution in [0.1, 0.15) is 116 Å². The first kappa shape index (κ1) is 33.3. The van der Waals surface area contributed by atoms with Gasteiger partial charge in [0.1, 0.15) is 5.01 Å². The first-order valence-corrected chi connectivity index (χ1v) is 11.3. The molecule has 0 atom stereocenters. The molecule has 0 saturated carbocycles. The maximum atomic E-state index is 4.62. The highest BCUT2D eigenvalue weighted by Crippen LogP contribution is 2.11. The summed E-state index contributed by atoms with van der Waals surface area (Å²) in [4.78, 5) is 0. The van der Waals surface area contributed by atoms with Crippen molar-refractivity contribution in [1.82, 2.24) is 59.9 Å². The second-order valence-corrected chi connectivity index (χ2v) is 8.72. The molecule has 4 rings (SSSR count). The van der Waals surface area contributed by atoms with Crippen molar-refractivity contribution in [3.8, 4) is 0 Å². The Morgan fingerprint density at radius 2 is 1.32 bits per heavy atom. The van der Waals surface area contributed by atoms with E-state index in [0.717, 1.165) is 22.6 Å². The molecule has 0 spiro atoms. The first-order chi connectivity index (χ1) is 15.2. The summed E-state index contributed by atoms with van der Waals surface area (Å²) in [6.45, 7) is 16.1. The third-order valence-corrected chi connectivity index (χ3v) is 4.60. The smallest absolute Gasteiger partial charge is 0.250 e. The Bertz CT molecular complexity index is 744. The molecule has 0 amide bonds. The number of aromatic nitrogens is 12. The molecule has 0 fully saturated rings. The lowest BCUT2D eigenvalue weighted by Gasteiger charge is -1.90. The molecule has 34 heavy (non-hydrogen) atoms. The Labute approximate surface area is 208 Å². The van der Waals surface area contributed by atoms with Crippen LogP contribution in [-0.2, 0) is 0 Å². The van der Waals surface area contributed by atoms with Crippen molar-refractivity contribution in [3.05, 3.63) is 22.5 Å². The third-order valence-electron chi connectivity index (χ3n) is 3.28. The van der Waals surface area contributed by atoms with E-state index in [2.05, 4.69) is 82.9 Å². The van der Waals surface area contributed by atoms with E-state index in [0.29, 0.717) is 29.5 Å². The standard InChI is InChI=1S/2C4H7N3O.2C4H7N3S.2CH4/c1-3(2)4-5-6-7-8-4;1-3(2)4-5-7-8-6-4;1-3(2)4-5-6-7-8-4;1-3(2)4-5-7-8-6-4;;/h4*3H,1-2H3;2*1H4. The Hall–Kier alpha value is -2.88. The molecule has 0 unspecified atom stereocenters. The van der Waals surface area contributed by atoms with Crippen molar-refractivity contribution in [2.45, 2.75) is 93.9 Å². The highest BCUT2D eigenvalue weighted by atomic mass is 32.1. The van der Waals surface area contributed by atoms with Gasteiger partial charge in [-0.15, -0.1) is 10.2 Å². The summed E-state index contributed by atoms with van der Waals surface area (Å²) in [6.07, 6.45) is 0. The van der Waals surface area contributed by atoms with Gasteiger partial charge < -0.3 is 4.52 Å². The van der Waals surface area contributed by atoms with Crippen LogP contribution in [0.2, 0.25) is 0 Å². The summed E-state index contributed by atoms with van der Waals surface area (Å²) in [7, 11) is 0. The number of rotatable bonds is 4. The lowest BCUT2D eigenvalue weighted by molar-refractivity contribution is 0.290. The Balaban J connectivity index is 0. The second-order valence-electron chi connectivity index (χ2n) is 7.45. The minimum atomic E-state index is 0. The van der Waals surface area contributed by atoms with E-state index in [4.69, 9.17) is 0 Å². The fourth-order valence-corrected chi connectivity index (χ4v) is 2.37. The molecule has 0 aliphatic heterocycles. The monoisotopic (exact) mass is 516 g/mol. The van der Waals surface area contributed by atoms with Crippen molar-refractivity contribution < 1.29 is 9.15 Å². The fourth-order valence-electron chi connectivity index (χ4n) is 1.44. The van der Waals surface area contributed by atoms with Crippen molar-refractivity contribution >= 4 is 23.3 Å². The van der Waals surface area contributed by atoms with Crippen LogP contribution in [0.25, 0.3) is 0 Å². The van der Waals surface area contributed by atoms with E-state index in [9.17, 15) is 0 Å². The average molecular weight is 517 g/mol. The second kappa shape index (κ2) is 18.5. The quantitative estimate of drug-likeness (QED) is 0.368. The summed E-state index contributed by atoms with van der Waals surface area (Å²) in [5.41, 5.74) is 0. The molecule has 4 aromatic rings. The molecule has 0 aliphatic carbocycles. The minimum absolute atomic E-state index is 0. The summed E-state index contributed by atoms with van der Waals surface area (Å²) >= 11 is 2.52. The van der Waals surface area contributed by atoms with Gasteiger partial charge in [-0.25, -0.2) is 4.63 Å². The fraction of sp³-hybridized carbons (Fsp3) is 0.778. The van der Waals surface area contributed by atoms with Gasteiger partial charge in [0.2, 0.25) is 0 Å². The van der Waals surface area contributed by atoms with E-state index in [1.165, 1.54) is 11.5 Å². The third kappa shape index (κ3) is 13.6. The molecule has 0 N–H and O–H groups in total. The van der Waals surface area contributed by atoms with Gasteiger partial charge in [-0.05, 0) is 15.6 Å². The zero-order valence-electron chi connectivity index (χ0n) is 19.3. The summed E-state index contributed by atoms with van der Waals surface area (Å²) in [5.74, 6) is 3.56. The average Bonchev–Trinajstić information content (AvgIpc) is 3.56. The van der Waals surface area contributed by atoms with Crippen LogP contribution in [0.5, 0.6) is 0 Å². The van der Waals surface area contributed by atoms with Crippen LogP contribution >= 0.6 is 23.3 Å². The molecule has 0 aliphatic rings. The molecule has 16 heteroatoms. The number of hydrogen-bond donors (Lipinski definition) is 0. The molecule has 4 heterocycles. The molecule has 14 nitrogen and oxygen atoms in total. The number of hydrogen-bond acceptors (Lipinski definition) is 16. The molecule has 0 radical (unpaired) electrons. The van der Waals surface area contributed by atoms with Gasteiger partial charge in [0.15, 0.2) is 11.6 Å². The van der Waals surface area contributed by atoms with Crippen molar-refractivity contribution in [2.24, 2.45) is 0 Å². The van der Waals surface area contributed by atoms with Crippen LogP contribution in [0.15, 0.2) is 9.15 Å². The van der Waals surface area contributed by atoms with Gasteiger partial charge in [-0.1, -0.05) is 89.4 Å². The van der Waals surface area contributed by atoms with Crippen LogP contribution in [0.4, 0.5) is 0 Å². The Morgan fingerprint density at radius 1 is 0.647 bits per heavy atom. The first-order valence-electron chi connectivity index (χ1n) is 9.82. The summed E-state index contributed by atoms with van der Waals surface area (Å²) in [5, 5.41) is 32.4. The van der Waals surface area contributed by atoms with Crippen LogP contribution in [0, 0.1) is 0 Å². The zero-order valence-corrected chi connectivity index (χ0v) is 20.9. The van der Waals surface area contributed by atoms with E-state index < -0.39 is 0 Å². The van der Waals surface area contributed by atoms with E-state index in [-0.39, 0.29) is 20.8 Å². The summed E-state index contributed by atoms with van der Waals surface area (Å²) < 4.78 is 20.1. The van der Waals surface area contributed by atoms with Gasteiger partial charge >= 0.3 is 0 Å². The molecule has 0 saturated heterocycles. The number of nitrogens with zero attached hydrogens (tertiary/aromatic N) is 12. The highest BCUT2D eigenvalue weighted by molar-refractivity contribution is 7.05. The highest BCUT2D eigenvalue weighted by Gasteiger charge is 2.04. The van der Waals surface area contributed by atoms with E-state index >= 15 is 0 Å². The van der Waals surface area contributed by atoms with Crippen LogP contribution in [-0.4, -0.2) is 59.9 Å². The van der Waals surface area contributed by atoms with Gasteiger partial charge in [0, 0.05) is 35.2 Å². The van der Waals surface area contributed by atoms with Crippen molar-refractivity contribution in [2.75, 3.05) is 0 Å². The molecule has 4 aromatic heterocycles. The lowest BCUT2D eigenvalue weighted by Crippen LogP contribution is -1.88. The normalized spacial score (nSPS) is 9.76. The maximum Gasteiger partial charge on any atom is 0.250 e. The predicted octanol–water partition coefficient (Wildman–Crippen LogP) is 4.56. The Kier molecular flexibility index (Phi) is 18.2. The molecular weight excluding hydrogens is 480 g/mol. The lowest BCUT2D eigenvalue weighted by atomic mass is 10.2. The SMILES string of the molecule is C.C.CC(C)c1nnno1.CC(C)c1nnns1.CC(C)c1nnon1.CC(C)c1nnsn1. The van der Waals surface area contributed by atoms with Crippen LogP contribution in [0.3, 0.4) is 0 Å². The van der Waals surface area contributed by atoms with Crippen LogP contribution < -0.4 is 0 Å².